The molecule has 90 valence electrons. The number of amides is 1. The van der Waals surface area contributed by atoms with E-state index in [0.29, 0.717) is 0 Å². The van der Waals surface area contributed by atoms with E-state index in [-0.39, 0.29) is 24.7 Å². The normalized spacial score (nSPS) is 20.9. The van der Waals surface area contributed by atoms with E-state index in [1.54, 1.807) is 0 Å². The first-order valence-corrected chi connectivity index (χ1v) is 4.51. The molecule has 1 aliphatic rings. The van der Waals surface area contributed by atoms with Crippen LogP contribution in [0, 0.1) is 5.92 Å². The second kappa shape index (κ2) is 6.17. The van der Waals surface area contributed by atoms with Crippen molar-refractivity contribution >= 4 is 18.3 Å². The molecule has 1 rings (SSSR count). The number of alkyl halides is 3. The molecular weight excluding hydrogens is 233 g/mol. The molecule has 1 amide bonds. The molecule has 0 aromatic rings. The maximum Gasteiger partial charge on any atom is 0.405 e. The highest BCUT2D eigenvalue weighted by Crippen LogP contribution is 2.14. The zero-order chi connectivity index (χ0) is 10.6. The number of carbonyl (C=O) groups is 1. The molecule has 15 heavy (non-hydrogen) atoms. The molecule has 1 aliphatic heterocycles. The van der Waals surface area contributed by atoms with Gasteiger partial charge < -0.3 is 10.6 Å². The van der Waals surface area contributed by atoms with Crippen LogP contribution in [0.15, 0.2) is 0 Å². The highest BCUT2D eigenvalue weighted by molar-refractivity contribution is 5.85. The van der Waals surface area contributed by atoms with Crippen molar-refractivity contribution in [2.24, 2.45) is 5.92 Å². The predicted octanol–water partition coefficient (Wildman–Crippen LogP) is 1.09. The van der Waals surface area contributed by atoms with Gasteiger partial charge >= 0.3 is 6.18 Å². The van der Waals surface area contributed by atoms with Crippen LogP contribution in [0.1, 0.15) is 12.8 Å². The number of hydrogen-bond acceptors (Lipinski definition) is 2. The van der Waals surface area contributed by atoms with Crippen LogP contribution in [0.4, 0.5) is 13.2 Å². The van der Waals surface area contributed by atoms with E-state index in [1.807, 2.05) is 5.32 Å². The SMILES string of the molecule is Cl.O=C(CC1CCNC1)NCC(F)(F)F. The highest BCUT2D eigenvalue weighted by atomic mass is 35.5. The number of halogens is 4. The quantitative estimate of drug-likeness (QED) is 0.783. The lowest BCUT2D eigenvalue weighted by atomic mass is 10.0. The third kappa shape index (κ3) is 6.57. The molecule has 7 heteroatoms. The first-order valence-electron chi connectivity index (χ1n) is 4.51. The van der Waals surface area contributed by atoms with Gasteiger partial charge in [0.05, 0.1) is 0 Å². The monoisotopic (exact) mass is 246 g/mol. The summed E-state index contributed by atoms with van der Waals surface area (Å²) in [5, 5.41) is 4.91. The summed E-state index contributed by atoms with van der Waals surface area (Å²) in [7, 11) is 0. The number of hydrogen-bond donors (Lipinski definition) is 2. The van der Waals surface area contributed by atoms with Gasteiger partial charge in [0.2, 0.25) is 5.91 Å². The Balaban J connectivity index is 0.00000196. The minimum atomic E-state index is -4.32. The first-order chi connectivity index (χ1) is 6.47. The molecule has 0 bridgehead atoms. The molecule has 1 unspecified atom stereocenters. The third-order valence-electron chi connectivity index (χ3n) is 2.12. The maximum absolute atomic E-state index is 11.7. The average molecular weight is 247 g/mol. The Bertz CT molecular complexity index is 205. The molecule has 0 radical (unpaired) electrons. The van der Waals surface area contributed by atoms with Crippen molar-refractivity contribution in [2.75, 3.05) is 19.6 Å². The molecule has 0 spiro atoms. The lowest BCUT2D eigenvalue weighted by Crippen LogP contribution is -2.34. The van der Waals surface area contributed by atoms with Gasteiger partial charge in [-0.25, -0.2) is 0 Å². The van der Waals surface area contributed by atoms with Gasteiger partial charge in [-0.05, 0) is 25.4 Å². The van der Waals surface area contributed by atoms with E-state index in [9.17, 15) is 18.0 Å². The summed E-state index contributed by atoms with van der Waals surface area (Å²) in [6.45, 7) is 0.336. The van der Waals surface area contributed by atoms with Crippen LogP contribution in [-0.4, -0.2) is 31.7 Å². The van der Waals surface area contributed by atoms with Crippen LogP contribution in [0.5, 0.6) is 0 Å². The summed E-state index contributed by atoms with van der Waals surface area (Å²) in [6, 6.07) is 0. The summed E-state index contributed by atoms with van der Waals surface area (Å²) >= 11 is 0. The topological polar surface area (TPSA) is 41.1 Å². The van der Waals surface area contributed by atoms with Gasteiger partial charge in [-0.2, -0.15) is 13.2 Å². The van der Waals surface area contributed by atoms with E-state index in [2.05, 4.69) is 5.32 Å². The molecule has 1 heterocycles. The Hall–Kier alpha value is -0.490. The highest BCUT2D eigenvalue weighted by Gasteiger charge is 2.28. The van der Waals surface area contributed by atoms with Gasteiger partial charge in [-0.3, -0.25) is 4.79 Å². The molecular formula is C8H14ClF3N2O. The fraction of sp³-hybridized carbons (Fsp3) is 0.875. The Morgan fingerprint density at radius 2 is 2.13 bits per heavy atom. The fourth-order valence-corrected chi connectivity index (χ4v) is 1.42. The molecule has 0 saturated carbocycles. The molecule has 1 saturated heterocycles. The van der Waals surface area contributed by atoms with Crippen molar-refractivity contribution in [3.05, 3.63) is 0 Å². The van der Waals surface area contributed by atoms with Gasteiger partial charge in [0, 0.05) is 6.42 Å². The fourth-order valence-electron chi connectivity index (χ4n) is 1.42. The molecule has 3 nitrogen and oxygen atoms in total. The Labute approximate surface area is 92.2 Å². The van der Waals surface area contributed by atoms with Gasteiger partial charge in [0.15, 0.2) is 0 Å². The second-order valence-electron chi connectivity index (χ2n) is 3.45. The van der Waals surface area contributed by atoms with E-state index < -0.39 is 18.6 Å². The summed E-state index contributed by atoms with van der Waals surface area (Å²) < 4.78 is 35.1. The lowest BCUT2D eigenvalue weighted by Gasteiger charge is -2.10. The van der Waals surface area contributed by atoms with E-state index in [0.717, 1.165) is 19.5 Å². The van der Waals surface area contributed by atoms with E-state index in [4.69, 9.17) is 0 Å². The van der Waals surface area contributed by atoms with Crippen LogP contribution in [0.3, 0.4) is 0 Å². The Morgan fingerprint density at radius 1 is 1.47 bits per heavy atom. The standard InChI is InChI=1S/C8H13F3N2O.ClH/c9-8(10,11)5-13-7(14)3-6-1-2-12-4-6;/h6,12H,1-5H2,(H,13,14);1H. The van der Waals surface area contributed by atoms with Crippen molar-refractivity contribution < 1.29 is 18.0 Å². The Morgan fingerprint density at radius 3 is 2.60 bits per heavy atom. The number of rotatable bonds is 3. The summed E-state index contributed by atoms with van der Waals surface area (Å²) in [5.74, 6) is -0.334. The summed E-state index contributed by atoms with van der Waals surface area (Å²) in [5.41, 5.74) is 0. The zero-order valence-corrected chi connectivity index (χ0v) is 8.88. The Kier molecular flexibility index (Phi) is 5.97. The van der Waals surface area contributed by atoms with Gasteiger partial charge in [-0.15, -0.1) is 12.4 Å². The second-order valence-corrected chi connectivity index (χ2v) is 3.45. The van der Waals surface area contributed by atoms with Crippen molar-refractivity contribution in [3.63, 3.8) is 0 Å². The van der Waals surface area contributed by atoms with Crippen LogP contribution in [0.25, 0.3) is 0 Å². The lowest BCUT2D eigenvalue weighted by molar-refractivity contribution is -0.138. The van der Waals surface area contributed by atoms with Crippen LogP contribution in [-0.2, 0) is 4.79 Å². The maximum atomic E-state index is 11.7. The van der Waals surface area contributed by atoms with Crippen molar-refractivity contribution in [1.82, 2.24) is 10.6 Å². The van der Waals surface area contributed by atoms with Crippen molar-refractivity contribution in [1.29, 1.82) is 0 Å². The van der Waals surface area contributed by atoms with Gasteiger partial charge in [-0.1, -0.05) is 0 Å². The molecule has 0 aliphatic carbocycles. The third-order valence-corrected chi connectivity index (χ3v) is 2.12. The zero-order valence-electron chi connectivity index (χ0n) is 8.06. The van der Waals surface area contributed by atoms with E-state index >= 15 is 0 Å². The first kappa shape index (κ1) is 14.5. The van der Waals surface area contributed by atoms with Crippen LogP contribution >= 0.6 is 12.4 Å². The summed E-state index contributed by atoms with van der Waals surface area (Å²) in [4.78, 5) is 11.0. The van der Waals surface area contributed by atoms with Crippen LogP contribution in [0.2, 0.25) is 0 Å². The smallest absolute Gasteiger partial charge is 0.347 e. The predicted molar refractivity (Wildman–Crippen MR) is 51.9 cm³/mol. The average Bonchev–Trinajstić information content (AvgIpc) is 2.52. The molecule has 0 aromatic carbocycles. The largest absolute Gasteiger partial charge is 0.405 e. The molecule has 0 aromatic heterocycles. The molecule has 2 N–H and O–H groups in total. The minimum absolute atomic E-state index is 0. The minimum Gasteiger partial charge on any atom is -0.347 e. The number of nitrogens with one attached hydrogen (secondary N) is 2. The van der Waals surface area contributed by atoms with Gasteiger partial charge in [0.25, 0.3) is 0 Å². The summed E-state index contributed by atoms with van der Waals surface area (Å²) in [6.07, 6.45) is -3.27. The van der Waals surface area contributed by atoms with Crippen molar-refractivity contribution in [2.45, 2.75) is 19.0 Å². The van der Waals surface area contributed by atoms with Gasteiger partial charge in [0.1, 0.15) is 6.54 Å². The number of carbonyl (C=O) groups excluding carboxylic acids is 1. The molecule has 1 fully saturated rings. The van der Waals surface area contributed by atoms with E-state index in [1.165, 1.54) is 0 Å². The van der Waals surface area contributed by atoms with Crippen LogP contribution < -0.4 is 10.6 Å². The molecule has 1 atom stereocenters. The van der Waals surface area contributed by atoms with Crippen molar-refractivity contribution in [3.8, 4) is 0 Å².